The molecular weight excluding hydrogens is 244 g/mol. The molecule has 0 bridgehead atoms. The zero-order valence-corrected chi connectivity index (χ0v) is 13.4. The molecule has 0 amide bonds. The maximum Gasteiger partial charge on any atom is 0.0233 e. The van der Waals surface area contributed by atoms with Gasteiger partial charge in [-0.25, -0.2) is 0 Å². The molecule has 2 rings (SSSR count). The van der Waals surface area contributed by atoms with Gasteiger partial charge in [0.05, 0.1) is 0 Å². The van der Waals surface area contributed by atoms with E-state index in [9.17, 15) is 0 Å². The van der Waals surface area contributed by atoms with Gasteiger partial charge in [-0.05, 0) is 56.9 Å². The summed E-state index contributed by atoms with van der Waals surface area (Å²) in [5.74, 6) is 0.903. The van der Waals surface area contributed by atoms with Crippen LogP contribution < -0.4 is 5.32 Å². The van der Waals surface area contributed by atoms with Gasteiger partial charge in [0, 0.05) is 12.6 Å². The summed E-state index contributed by atoms with van der Waals surface area (Å²) in [6.45, 7) is 4.54. The molecule has 0 spiro atoms. The average Bonchev–Trinajstić information content (AvgIpc) is 2.46. The van der Waals surface area contributed by atoms with Gasteiger partial charge in [-0.1, -0.05) is 44.0 Å². The molecule has 1 aromatic rings. The third kappa shape index (κ3) is 4.60. The lowest BCUT2D eigenvalue weighted by Gasteiger charge is -2.34. The molecule has 2 heteroatoms. The van der Waals surface area contributed by atoms with Crippen molar-refractivity contribution in [3.05, 3.63) is 35.4 Å². The van der Waals surface area contributed by atoms with Crippen molar-refractivity contribution in [2.24, 2.45) is 5.92 Å². The Morgan fingerprint density at radius 3 is 2.50 bits per heavy atom. The van der Waals surface area contributed by atoms with Crippen molar-refractivity contribution in [1.29, 1.82) is 0 Å². The Labute approximate surface area is 124 Å². The molecule has 0 aliphatic heterocycles. The normalized spacial score (nSPS) is 23.2. The van der Waals surface area contributed by atoms with Crippen LogP contribution in [0.3, 0.4) is 0 Å². The molecule has 0 heterocycles. The SMILES string of the molecule is CNCCc1ccc(CN(C)C2CCCC(C)C2)cc1. The van der Waals surface area contributed by atoms with Crippen molar-refractivity contribution < 1.29 is 0 Å². The lowest BCUT2D eigenvalue weighted by atomic mass is 9.86. The second-order valence-electron chi connectivity index (χ2n) is 6.51. The zero-order chi connectivity index (χ0) is 14.4. The number of nitrogens with one attached hydrogen (secondary N) is 1. The third-order valence-electron chi connectivity index (χ3n) is 4.65. The maximum atomic E-state index is 3.20. The summed E-state index contributed by atoms with van der Waals surface area (Å²) in [7, 11) is 4.30. The predicted molar refractivity (Wildman–Crippen MR) is 87.0 cm³/mol. The van der Waals surface area contributed by atoms with Gasteiger partial charge in [0.25, 0.3) is 0 Å². The van der Waals surface area contributed by atoms with Gasteiger partial charge in [0.1, 0.15) is 0 Å². The summed E-state index contributed by atoms with van der Waals surface area (Å²) in [5.41, 5.74) is 2.87. The second kappa shape index (κ2) is 7.80. The predicted octanol–water partition coefficient (Wildman–Crippen LogP) is 3.46. The smallest absolute Gasteiger partial charge is 0.0233 e. The van der Waals surface area contributed by atoms with Crippen molar-refractivity contribution in [2.45, 2.75) is 51.6 Å². The molecule has 20 heavy (non-hydrogen) atoms. The Hall–Kier alpha value is -0.860. The van der Waals surface area contributed by atoms with E-state index in [4.69, 9.17) is 0 Å². The lowest BCUT2D eigenvalue weighted by Crippen LogP contribution is -2.35. The summed E-state index contributed by atoms with van der Waals surface area (Å²) in [6, 6.07) is 9.94. The van der Waals surface area contributed by atoms with Crippen molar-refractivity contribution >= 4 is 0 Å². The third-order valence-corrected chi connectivity index (χ3v) is 4.65. The number of likely N-dealkylation sites (N-methyl/N-ethyl adjacent to an activating group) is 1. The molecule has 1 fully saturated rings. The highest BCUT2D eigenvalue weighted by atomic mass is 15.1. The second-order valence-corrected chi connectivity index (χ2v) is 6.51. The molecule has 0 saturated heterocycles. The van der Waals surface area contributed by atoms with E-state index in [0.29, 0.717) is 0 Å². The first-order valence-corrected chi connectivity index (χ1v) is 8.11. The number of hydrogen-bond acceptors (Lipinski definition) is 2. The molecule has 112 valence electrons. The van der Waals surface area contributed by atoms with Crippen LogP contribution in [-0.2, 0) is 13.0 Å². The minimum absolute atomic E-state index is 0.780. The van der Waals surface area contributed by atoms with Gasteiger partial charge in [0.15, 0.2) is 0 Å². The van der Waals surface area contributed by atoms with Gasteiger partial charge in [-0.2, -0.15) is 0 Å². The Balaban J connectivity index is 1.85. The minimum atomic E-state index is 0.780. The van der Waals surface area contributed by atoms with Crippen LogP contribution in [0.5, 0.6) is 0 Å². The van der Waals surface area contributed by atoms with Gasteiger partial charge in [0.2, 0.25) is 0 Å². The minimum Gasteiger partial charge on any atom is -0.319 e. The van der Waals surface area contributed by atoms with E-state index in [1.807, 2.05) is 7.05 Å². The first-order valence-electron chi connectivity index (χ1n) is 8.11. The fourth-order valence-corrected chi connectivity index (χ4v) is 3.30. The molecule has 1 aliphatic rings. The largest absolute Gasteiger partial charge is 0.319 e. The molecule has 2 nitrogen and oxygen atoms in total. The quantitative estimate of drug-likeness (QED) is 0.854. The van der Waals surface area contributed by atoms with Crippen LogP contribution >= 0.6 is 0 Å². The summed E-state index contributed by atoms with van der Waals surface area (Å²) in [4.78, 5) is 2.55. The van der Waals surface area contributed by atoms with Crippen molar-refractivity contribution in [3.8, 4) is 0 Å². The van der Waals surface area contributed by atoms with E-state index in [2.05, 4.69) is 48.5 Å². The summed E-state index contributed by atoms with van der Waals surface area (Å²) in [6.07, 6.45) is 6.69. The Morgan fingerprint density at radius 1 is 1.15 bits per heavy atom. The zero-order valence-electron chi connectivity index (χ0n) is 13.4. The van der Waals surface area contributed by atoms with E-state index < -0.39 is 0 Å². The fourth-order valence-electron chi connectivity index (χ4n) is 3.30. The standard InChI is InChI=1S/C18H30N2/c1-15-5-4-6-18(13-15)20(3)14-17-9-7-16(8-10-17)11-12-19-2/h7-10,15,18-19H,4-6,11-14H2,1-3H3. The van der Waals surface area contributed by atoms with Crippen LogP contribution in [-0.4, -0.2) is 31.6 Å². The van der Waals surface area contributed by atoms with Crippen molar-refractivity contribution in [3.63, 3.8) is 0 Å². The summed E-state index contributed by atoms with van der Waals surface area (Å²) < 4.78 is 0. The van der Waals surface area contributed by atoms with Crippen LogP contribution in [0.2, 0.25) is 0 Å². The Morgan fingerprint density at radius 2 is 1.85 bits per heavy atom. The number of hydrogen-bond donors (Lipinski definition) is 1. The molecule has 1 aromatic carbocycles. The average molecular weight is 274 g/mol. The molecule has 1 saturated carbocycles. The van der Waals surface area contributed by atoms with Crippen LogP contribution in [0.25, 0.3) is 0 Å². The van der Waals surface area contributed by atoms with Crippen LogP contribution in [0.4, 0.5) is 0 Å². The molecule has 1 aliphatic carbocycles. The molecule has 0 radical (unpaired) electrons. The number of benzene rings is 1. The van der Waals surface area contributed by atoms with Gasteiger partial charge in [-0.15, -0.1) is 0 Å². The molecular formula is C18H30N2. The van der Waals surface area contributed by atoms with Gasteiger partial charge < -0.3 is 5.32 Å². The molecule has 0 aromatic heterocycles. The Kier molecular flexibility index (Phi) is 6.06. The summed E-state index contributed by atoms with van der Waals surface area (Å²) in [5, 5.41) is 3.20. The highest BCUT2D eigenvalue weighted by Crippen LogP contribution is 2.27. The van der Waals surface area contributed by atoms with E-state index in [-0.39, 0.29) is 0 Å². The highest BCUT2D eigenvalue weighted by Gasteiger charge is 2.22. The van der Waals surface area contributed by atoms with Crippen LogP contribution in [0.15, 0.2) is 24.3 Å². The summed E-state index contributed by atoms with van der Waals surface area (Å²) >= 11 is 0. The van der Waals surface area contributed by atoms with Crippen LogP contribution in [0.1, 0.15) is 43.7 Å². The van der Waals surface area contributed by atoms with E-state index in [1.165, 1.54) is 36.8 Å². The first kappa shape index (κ1) is 15.5. The monoisotopic (exact) mass is 274 g/mol. The van der Waals surface area contributed by atoms with Gasteiger partial charge in [-0.3, -0.25) is 4.90 Å². The molecule has 2 atom stereocenters. The van der Waals surface area contributed by atoms with E-state index in [1.54, 1.807) is 0 Å². The highest BCUT2D eigenvalue weighted by molar-refractivity contribution is 5.22. The van der Waals surface area contributed by atoms with Crippen molar-refractivity contribution in [2.75, 3.05) is 20.6 Å². The number of rotatable bonds is 6. The van der Waals surface area contributed by atoms with Crippen molar-refractivity contribution in [1.82, 2.24) is 10.2 Å². The topological polar surface area (TPSA) is 15.3 Å². The van der Waals surface area contributed by atoms with E-state index >= 15 is 0 Å². The molecule has 1 N–H and O–H groups in total. The first-order chi connectivity index (χ1) is 9.69. The number of nitrogens with zero attached hydrogens (tertiary/aromatic N) is 1. The van der Waals surface area contributed by atoms with E-state index in [0.717, 1.165) is 31.5 Å². The van der Waals surface area contributed by atoms with Crippen LogP contribution in [0, 0.1) is 5.92 Å². The Bertz CT molecular complexity index is 385. The lowest BCUT2D eigenvalue weighted by molar-refractivity contribution is 0.157. The fraction of sp³-hybridized carbons (Fsp3) is 0.667. The maximum absolute atomic E-state index is 3.20. The molecule has 2 unspecified atom stereocenters. The van der Waals surface area contributed by atoms with Gasteiger partial charge >= 0.3 is 0 Å².